The van der Waals surface area contributed by atoms with Crippen LogP contribution in [-0.4, -0.2) is 31.6 Å². The van der Waals surface area contributed by atoms with Crippen molar-refractivity contribution >= 4 is 0 Å². The topological polar surface area (TPSA) is 38.5 Å². The first-order valence-corrected chi connectivity index (χ1v) is 7.42. The second kappa shape index (κ2) is 7.04. The first kappa shape index (κ1) is 15.3. The zero-order valence-electron chi connectivity index (χ0n) is 12.4. The van der Waals surface area contributed by atoms with Gasteiger partial charge in [0.1, 0.15) is 11.6 Å². The van der Waals surface area contributed by atoms with Crippen molar-refractivity contribution < 1.29 is 9.13 Å². The third-order valence-electron chi connectivity index (χ3n) is 4.24. The number of nitrogens with zero attached hydrogens (tertiary/aromatic N) is 1. The fourth-order valence-corrected chi connectivity index (χ4v) is 2.81. The Morgan fingerprint density at radius 1 is 1.40 bits per heavy atom. The van der Waals surface area contributed by atoms with Crippen LogP contribution in [0.4, 0.5) is 4.39 Å². The van der Waals surface area contributed by atoms with Gasteiger partial charge in [-0.3, -0.25) is 0 Å². The minimum atomic E-state index is -0.314. The average molecular weight is 280 g/mol. The fraction of sp³-hybridized carbons (Fsp3) is 0.625. The predicted molar refractivity (Wildman–Crippen MR) is 79.3 cm³/mol. The van der Waals surface area contributed by atoms with Gasteiger partial charge in [-0.1, -0.05) is 13.0 Å². The van der Waals surface area contributed by atoms with Crippen molar-refractivity contribution in [2.24, 2.45) is 11.7 Å². The molecule has 0 amide bonds. The smallest absolute Gasteiger partial charge is 0.131 e. The summed E-state index contributed by atoms with van der Waals surface area (Å²) in [5, 5.41) is 0. The van der Waals surface area contributed by atoms with E-state index in [9.17, 15) is 4.39 Å². The molecule has 1 aromatic carbocycles. The van der Waals surface area contributed by atoms with Gasteiger partial charge >= 0.3 is 0 Å². The SMILES string of the molecule is COc1cccc(F)c1C(N)CCN1CCC(C)CC1. The molecule has 20 heavy (non-hydrogen) atoms. The van der Waals surface area contributed by atoms with E-state index in [0.717, 1.165) is 32.0 Å². The van der Waals surface area contributed by atoms with Gasteiger partial charge in [0.2, 0.25) is 0 Å². The van der Waals surface area contributed by atoms with Crippen LogP contribution in [0, 0.1) is 11.7 Å². The van der Waals surface area contributed by atoms with Crippen molar-refractivity contribution in [3.05, 3.63) is 29.6 Å². The monoisotopic (exact) mass is 280 g/mol. The van der Waals surface area contributed by atoms with E-state index in [4.69, 9.17) is 10.5 Å². The van der Waals surface area contributed by atoms with Gasteiger partial charge in [0.25, 0.3) is 0 Å². The molecule has 1 heterocycles. The molecule has 1 aliphatic rings. The normalized spacial score (nSPS) is 19.0. The van der Waals surface area contributed by atoms with Crippen molar-refractivity contribution in [1.29, 1.82) is 0 Å². The highest BCUT2D eigenvalue weighted by Crippen LogP contribution is 2.28. The molecule has 1 atom stereocenters. The van der Waals surface area contributed by atoms with E-state index in [2.05, 4.69) is 11.8 Å². The Balaban J connectivity index is 1.93. The largest absolute Gasteiger partial charge is 0.496 e. The molecule has 0 radical (unpaired) electrons. The molecule has 112 valence electrons. The van der Waals surface area contributed by atoms with Crippen LogP contribution in [0.2, 0.25) is 0 Å². The number of piperidine rings is 1. The van der Waals surface area contributed by atoms with Crippen LogP contribution in [0.25, 0.3) is 0 Å². The minimum absolute atomic E-state index is 0.274. The summed E-state index contributed by atoms with van der Waals surface area (Å²) in [6, 6.07) is 4.54. The number of hydrogen-bond donors (Lipinski definition) is 1. The van der Waals surface area contributed by atoms with Crippen molar-refractivity contribution in [1.82, 2.24) is 4.90 Å². The second-order valence-corrected chi connectivity index (χ2v) is 5.78. The van der Waals surface area contributed by atoms with Crippen LogP contribution < -0.4 is 10.5 Å². The Morgan fingerprint density at radius 2 is 2.10 bits per heavy atom. The molecule has 1 aromatic rings. The molecule has 2 N–H and O–H groups in total. The lowest BCUT2D eigenvalue weighted by Crippen LogP contribution is -2.35. The third-order valence-corrected chi connectivity index (χ3v) is 4.24. The quantitative estimate of drug-likeness (QED) is 0.901. The van der Waals surface area contributed by atoms with Crippen LogP contribution in [-0.2, 0) is 0 Å². The Labute approximate surface area is 120 Å². The first-order chi connectivity index (χ1) is 9.61. The molecule has 1 aliphatic heterocycles. The third kappa shape index (κ3) is 3.70. The molecular weight excluding hydrogens is 255 g/mol. The molecule has 0 saturated carbocycles. The van der Waals surface area contributed by atoms with Crippen LogP contribution >= 0.6 is 0 Å². The number of hydrogen-bond acceptors (Lipinski definition) is 3. The molecule has 0 bridgehead atoms. The maximum absolute atomic E-state index is 13.9. The van der Waals surface area contributed by atoms with Crippen LogP contribution in [0.1, 0.15) is 37.8 Å². The van der Waals surface area contributed by atoms with E-state index in [1.54, 1.807) is 19.2 Å². The van der Waals surface area contributed by atoms with Crippen LogP contribution in [0.15, 0.2) is 18.2 Å². The van der Waals surface area contributed by atoms with Gasteiger partial charge in [0.05, 0.1) is 7.11 Å². The molecule has 1 unspecified atom stereocenters. The molecule has 0 aliphatic carbocycles. The van der Waals surface area contributed by atoms with E-state index in [0.29, 0.717) is 11.3 Å². The number of benzene rings is 1. The van der Waals surface area contributed by atoms with Gasteiger partial charge in [0, 0.05) is 11.6 Å². The molecule has 3 nitrogen and oxygen atoms in total. The highest BCUT2D eigenvalue weighted by Gasteiger charge is 2.20. The van der Waals surface area contributed by atoms with E-state index in [1.165, 1.54) is 18.9 Å². The molecule has 1 fully saturated rings. The van der Waals surface area contributed by atoms with E-state index < -0.39 is 0 Å². The van der Waals surface area contributed by atoms with Gasteiger partial charge in [-0.15, -0.1) is 0 Å². The summed E-state index contributed by atoms with van der Waals surface area (Å²) in [7, 11) is 1.55. The van der Waals surface area contributed by atoms with E-state index >= 15 is 0 Å². The number of halogens is 1. The number of ether oxygens (including phenoxy) is 1. The molecule has 2 rings (SSSR count). The van der Waals surface area contributed by atoms with Gasteiger partial charge < -0.3 is 15.4 Å². The summed E-state index contributed by atoms with van der Waals surface area (Å²) in [5.41, 5.74) is 6.67. The minimum Gasteiger partial charge on any atom is -0.496 e. The molecular formula is C16H25FN2O. The maximum atomic E-state index is 13.9. The number of nitrogens with two attached hydrogens (primary N) is 1. The van der Waals surface area contributed by atoms with Gasteiger partial charge in [-0.05, 0) is 56.9 Å². The van der Waals surface area contributed by atoms with Crippen molar-refractivity contribution in [3.8, 4) is 5.75 Å². The van der Waals surface area contributed by atoms with Crippen LogP contribution in [0.5, 0.6) is 5.75 Å². The van der Waals surface area contributed by atoms with E-state index in [1.807, 2.05) is 0 Å². The summed E-state index contributed by atoms with van der Waals surface area (Å²) in [4.78, 5) is 2.42. The summed E-state index contributed by atoms with van der Waals surface area (Å²) in [5.74, 6) is 1.10. The predicted octanol–water partition coefficient (Wildman–Crippen LogP) is 2.96. The molecule has 4 heteroatoms. The van der Waals surface area contributed by atoms with Gasteiger partial charge in [-0.25, -0.2) is 4.39 Å². The highest BCUT2D eigenvalue weighted by atomic mass is 19.1. The first-order valence-electron chi connectivity index (χ1n) is 7.42. The van der Waals surface area contributed by atoms with Crippen molar-refractivity contribution in [3.63, 3.8) is 0 Å². The standard InChI is InChI=1S/C16H25FN2O/c1-12-6-9-19(10-7-12)11-8-14(18)16-13(17)4-3-5-15(16)20-2/h3-5,12,14H,6-11,18H2,1-2H3. The number of likely N-dealkylation sites (tertiary alicyclic amines) is 1. The zero-order chi connectivity index (χ0) is 14.5. The lowest BCUT2D eigenvalue weighted by atomic mass is 9.98. The number of methoxy groups -OCH3 is 1. The Bertz CT molecular complexity index is 430. The van der Waals surface area contributed by atoms with Crippen molar-refractivity contribution in [2.45, 2.75) is 32.2 Å². The number of rotatable bonds is 5. The summed E-state index contributed by atoms with van der Waals surface area (Å²) < 4.78 is 19.2. The second-order valence-electron chi connectivity index (χ2n) is 5.78. The Hall–Kier alpha value is -1.13. The lowest BCUT2D eigenvalue weighted by molar-refractivity contribution is 0.186. The summed E-state index contributed by atoms with van der Waals surface area (Å²) in [6.07, 6.45) is 3.25. The Morgan fingerprint density at radius 3 is 2.75 bits per heavy atom. The summed E-state index contributed by atoms with van der Waals surface area (Å²) >= 11 is 0. The van der Waals surface area contributed by atoms with Crippen LogP contribution in [0.3, 0.4) is 0 Å². The molecule has 0 spiro atoms. The maximum Gasteiger partial charge on any atom is 0.131 e. The van der Waals surface area contributed by atoms with Gasteiger partial charge in [0.15, 0.2) is 0 Å². The summed E-state index contributed by atoms with van der Waals surface area (Å²) in [6.45, 7) is 5.48. The van der Waals surface area contributed by atoms with Crippen molar-refractivity contribution in [2.75, 3.05) is 26.7 Å². The average Bonchev–Trinajstić information content (AvgIpc) is 2.46. The Kier molecular flexibility index (Phi) is 5.38. The van der Waals surface area contributed by atoms with Gasteiger partial charge in [-0.2, -0.15) is 0 Å². The fourth-order valence-electron chi connectivity index (χ4n) is 2.81. The van der Waals surface area contributed by atoms with E-state index in [-0.39, 0.29) is 11.9 Å². The molecule has 1 saturated heterocycles. The lowest BCUT2D eigenvalue weighted by Gasteiger charge is -2.31. The molecule has 0 aromatic heterocycles. The highest BCUT2D eigenvalue weighted by molar-refractivity contribution is 5.37. The zero-order valence-corrected chi connectivity index (χ0v) is 12.4.